The lowest BCUT2D eigenvalue weighted by molar-refractivity contribution is -0.721. The molecular weight excluding hydrogens is 403 g/mol. The van der Waals surface area contributed by atoms with Gasteiger partial charge in [-0.25, -0.2) is 4.79 Å². The van der Waals surface area contributed by atoms with E-state index < -0.39 is 5.97 Å². The van der Waals surface area contributed by atoms with Crippen LogP contribution in [0.3, 0.4) is 0 Å². The number of fused-ring (bicyclic) bond motifs is 1. The summed E-state index contributed by atoms with van der Waals surface area (Å²) >= 11 is 2.21. The third kappa shape index (κ3) is 3.68. The van der Waals surface area contributed by atoms with Gasteiger partial charge >= 0.3 is 11.8 Å². The van der Waals surface area contributed by atoms with Crippen LogP contribution < -0.4 is 10.9 Å². The molecule has 0 spiro atoms. The van der Waals surface area contributed by atoms with Crippen LogP contribution in [-0.2, 0) is 4.84 Å². The average Bonchev–Trinajstić information content (AvgIpc) is 2.59. The Bertz CT molecular complexity index is 889. The predicted octanol–water partition coefficient (Wildman–Crippen LogP) is 2.00. The molecule has 0 saturated carbocycles. The Morgan fingerprint density at radius 2 is 1.57 bits per heavy atom. The lowest BCUT2D eigenvalue weighted by Crippen LogP contribution is -2.75. The lowest BCUT2D eigenvalue weighted by atomic mass is 10.1. The molecule has 0 amide bonds. The number of carbonyl (C=O) groups is 1. The van der Waals surface area contributed by atoms with Crippen molar-refractivity contribution in [3.8, 4) is 0 Å². The van der Waals surface area contributed by atoms with Crippen molar-refractivity contribution in [2.24, 2.45) is 5.73 Å². The van der Waals surface area contributed by atoms with Crippen molar-refractivity contribution in [3.63, 3.8) is 0 Å². The lowest BCUT2D eigenvalue weighted by Gasteiger charge is -2.01. The first-order valence-electron chi connectivity index (χ1n) is 6.98. The molecule has 0 saturated heterocycles. The van der Waals surface area contributed by atoms with Crippen LogP contribution in [0.15, 0.2) is 66.7 Å². The molecular formula is C18H14IN2O2+. The minimum Gasteiger partial charge on any atom is -0.284 e. The number of hydrogen-bond donors (Lipinski definition) is 2. The fourth-order valence-electron chi connectivity index (χ4n) is 2.16. The van der Waals surface area contributed by atoms with Gasteiger partial charge in [0, 0.05) is 3.57 Å². The number of amidine groups is 1. The van der Waals surface area contributed by atoms with Crippen LogP contribution >= 0.6 is 22.6 Å². The van der Waals surface area contributed by atoms with E-state index in [1.165, 1.54) is 0 Å². The van der Waals surface area contributed by atoms with E-state index in [4.69, 9.17) is 10.6 Å². The highest BCUT2D eigenvalue weighted by Crippen LogP contribution is 2.15. The maximum atomic E-state index is 12.1. The summed E-state index contributed by atoms with van der Waals surface area (Å²) in [6.07, 6.45) is 0. The molecule has 3 aromatic rings. The van der Waals surface area contributed by atoms with Gasteiger partial charge in [-0.15, -0.1) is 0 Å². The number of benzene rings is 3. The maximum absolute atomic E-state index is 12.1. The summed E-state index contributed by atoms with van der Waals surface area (Å²) in [7, 11) is 0. The van der Waals surface area contributed by atoms with Gasteiger partial charge < -0.3 is 0 Å². The van der Waals surface area contributed by atoms with Crippen molar-refractivity contribution in [2.45, 2.75) is 0 Å². The fourth-order valence-corrected chi connectivity index (χ4v) is 2.52. The first kappa shape index (κ1) is 15.5. The van der Waals surface area contributed by atoms with E-state index in [0.29, 0.717) is 5.56 Å². The van der Waals surface area contributed by atoms with E-state index in [0.717, 1.165) is 19.9 Å². The minimum absolute atomic E-state index is 0.288. The van der Waals surface area contributed by atoms with Gasteiger partial charge in [0.2, 0.25) is 0 Å². The maximum Gasteiger partial charge on any atom is 0.387 e. The Morgan fingerprint density at radius 1 is 0.913 bits per heavy atom. The molecule has 0 aromatic heterocycles. The molecule has 0 aliphatic carbocycles. The quantitative estimate of drug-likeness (QED) is 0.225. The van der Waals surface area contributed by atoms with Gasteiger partial charge in [0.05, 0.1) is 11.1 Å². The summed E-state index contributed by atoms with van der Waals surface area (Å²) in [5.41, 5.74) is 7.11. The third-order valence-corrected chi connectivity index (χ3v) is 4.11. The summed E-state index contributed by atoms with van der Waals surface area (Å²) in [6, 6.07) is 20.8. The first-order valence-corrected chi connectivity index (χ1v) is 8.06. The van der Waals surface area contributed by atoms with E-state index in [1.807, 2.05) is 54.6 Å². The SMILES string of the molecule is NC(=[NH+]OC(=O)c1ccc2ccccc2c1)c1ccc(I)cc1. The molecule has 0 heterocycles. The second-order valence-corrected chi connectivity index (χ2v) is 6.22. The van der Waals surface area contributed by atoms with Gasteiger partial charge in [0.25, 0.3) is 0 Å². The van der Waals surface area contributed by atoms with Gasteiger partial charge in [0.1, 0.15) is 0 Å². The van der Waals surface area contributed by atoms with Crippen molar-refractivity contribution >= 4 is 45.2 Å². The molecule has 5 heteroatoms. The van der Waals surface area contributed by atoms with E-state index in [2.05, 4.69) is 27.7 Å². The monoisotopic (exact) mass is 417 g/mol. The molecule has 4 nitrogen and oxygen atoms in total. The van der Waals surface area contributed by atoms with Crippen molar-refractivity contribution in [1.29, 1.82) is 0 Å². The van der Waals surface area contributed by atoms with Crippen LogP contribution in [-0.4, -0.2) is 11.8 Å². The molecule has 3 N–H and O–H groups in total. The van der Waals surface area contributed by atoms with E-state index in [1.54, 1.807) is 12.1 Å². The van der Waals surface area contributed by atoms with Gasteiger partial charge in [0.15, 0.2) is 0 Å². The molecule has 0 bridgehead atoms. The van der Waals surface area contributed by atoms with Crippen LogP contribution in [0.25, 0.3) is 10.8 Å². The zero-order valence-corrected chi connectivity index (χ0v) is 14.3. The second kappa shape index (κ2) is 6.78. The molecule has 0 aliphatic rings. The van der Waals surface area contributed by atoms with E-state index in [9.17, 15) is 4.79 Å². The number of halogens is 1. The van der Waals surface area contributed by atoms with Crippen LogP contribution in [0.4, 0.5) is 0 Å². The van der Waals surface area contributed by atoms with Crippen LogP contribution in [0.2, 0.25) is 0 Å². The number of nitrogens with one attached hydrogen (secondary N) is 1. The summed E-state index contributed by atoms with van der Waals surface area (Å²) in [6.45, 7) is 0. The summed E-state index contributed by atoms with van der Waals surface area (Å²) in [5, 5.41) is 4.56. The van der Waals surface area contributed by atoms with Crippen molar-refractivity contribution in [2.75, 3.05) is 0 Å². The molecule has 23 heavy (non-hydrogen) atoms. The minimum atomic E-state index is -0.482. The molecule has 3 aromatic carbocycles. The Kier molecular flexibility index (Phi) is 4.57. The first-order chi connectivity index (χ1) is 11.1. The molecule has 114 valence electrons. The fraction of sp³-hybridized carbons (Fsp3) is 0. The van der Waals surface area contributed by atoms with E-state index in [-0.39, 0.29) is 5.84 Å². The molecule has 0 fully saturated rings. The predicted molar refractivity (Wildman–Crippen MR) is 97.8 cm³/mol. The number of hydrogen-bond acceptors (Lipinski definition) is 2. The van der Waals surface area contributed by atoms with Gasteiger partial charge in [-0.3, -0.25) is 10.6 Å². The van der Waals surface area contributed by atoms with Crippen LogP contribution in [0.1, 0.15) is 15.9 Å². The standard InChI is InChI=1S/C18H13IN2O2/c19-16-9-7-13(8-10-16)17(20)21-23-18(22)15-6-5-12-3-1-2-4-14(12)11-15/h1-11H,(H2,20,21)/p+1. The summed E-state index contributed by atoms with van der Waals surface area (Å²) in [4.78, 5) is 17.2. The summed E-state index contributed by atoms with van der Waals surface area (Å²) in [5.74, 6) is -0.195. The Morgan fingerprint density at radius 3 is 2.30 bits per heavy atom. The van der Waals surface area contributed by atoms with Crippen molar-refractivity contribution < 1.29 is 14.8 Å². The highest BCUT2D eigenvalue weighted by molar-refractivity contribution is 14.1. The zero-order valence-electron chi connectivity index (χ0n) is 12.1. The Labute approximate surface area is 147 Å². The van der Waals surface area contributed by atoms with Crippen LogP contribution in [0.5, 0.6) is 0 Å². The highest BCUT2D eigenvalue weighted by Gasteiger charge is 2.11. The number of rotatable bonds is 3. The number of carbonyl (C=O) groups excluding carboxylic acids is 1. The molecule has 0 aliphatic heterocycles. The number of nitrogen functional groups attached to an aromatic ring is 1. The second-order valence-electron chi connectivity index (χ2n) is 4.97. The van der Waals surface area contributed by atoms with Gasteiger partial charge in [-0.1, -0.05) is 35.5 Å². The van der Waals surface area contributed by atoms with Crippen LogP contribution in [0, 0.1) is 3.57 Å². The molecule has 0 atom stereocenters. The Balaban J connectivity index is 1.77. The molecule has 3 rings (SSSR count). The number of nitrogens with two attached hydrogens (primary N) is 1. The topological polar surface area (TPSA) is 66.3 Å². The van der Waals surface area contributed by atoms with Crippen molar-refractivity contribution in [3.05, 3.63) is 81.4 Å². The largest absolute Gasteiger partial charge is 0.387 e. The molecule has 0 radical (unpaired) electrons. The summed E-state index contributed by atoms with van der Waals surface area (Å²) < 4.78 is 1.10. The normalized spacial score (nSPS) is 11.4. The zero-order chi connectivity index (χ0) is 16.2. The smallest absolute Gasteiger partial charge is 0.284 e. The van der Waals surface area contributed by atoms with Crippen molar-refractivity contribution in [1.82, 2.24) is 0 Å². The van der Waals surface area contributed by atoms with E-state index >= 15 is 0 Å². The van der Waals surface area contributed by atoms with Gasteiger partial charge in [-0.2, -0.15) is 0 Å². The third-order valence-electron chi connectivity index (χ3n) is 3.39. The Hall–Kier alpha value is -2.41. The molecule has 0 unspecified atom stereocenters. The average molecular weight is 417 g/mol. The van der Waals surface area contributed by atoms with Gasteiger partial charge in [-0.05, 0) is 69.8 Å². The highest BCUT2D eigenvalue weighted by atomic mass is 127.